The highest BCUT2D eigenvalue weighted by atomic mass is 16.4. The standard InChI is InChI=1S/C35H24N4O3/c1-38-28-12-6-10-22-11-7-13-29(30(22)28)39(2)35(38)31(40)26-19-18-25(20-27(26)32(35)41)21-14-16-24(17-15-21)34-37-36-33(42-34)23-8-4-3-5-9-23/h3-20H,1-2H3. The Kier molecular flexibility index (Phi) is 5.03. The first-order chi connectivity index (χ1) is 20.5. The molecule has 0 atom stereocenters. The summed E-state index contributed by atoms with van der Waals surface area (Å²) < 4.78 is 5.90. The molecule has 0 amide bonds. The van der Waals surface area contributed by atoms with Crippen molar-refractivity contribution in [1.82, 2.24) is 10.2 Å². The van der Waals surface area contributed by atoms with Crippen LogP contribution in [0.2, 0.25) is 0 Å². The van der Waals surface area contributed by atoms with E-state index >= 15 is 0 Å². The summed E-state index contributed by atoms with van der Waals surface area (Å²) in [7, 11) is 3.67. The molecule has 0 fully saturated rings. The Labute approximate surface area is 241 Å². The van der Waals surface area contributed by atoms with Crippen molar-refractivity contribution in [3.63, 3.8) is 0 Å². The maximum absolute atomic E-state index is 14.3. The topological polar surface area (TPSA) is 79.5 Å². The molecule has 0 N–H and O–H groups in total. The molecule has 0 radical (unpaired) electrons. The fraction of sp³-hybridized carbons (Fsp3) is 0.0857. The molecule has 8 rings (SSSR count). The first kappa shape index (κ1) is 24.3. The Morgan fingerprint density at radius 2 is 1.12 bits per heavy atom. The van der Waals surface area contributed by atoms with Gasteiger partial charge < -0.3 is 14.2 Å². The van der Waals surface area contributed by atoms with E-state index in [4.69, 9.17) is 4.42 Å². The maximum Gasteiger partial charge on any atom is 0.248 e. The Morgan fingerprint density at radius 3 is 1.76 bits per heavy atom. The number of ketones is 2. The predicted molar refractivity (Wildman–Crippen MR) is 163 cm³/mol. The first-order valence-corrected chi connectivity index (χ1v) is 13.7. The smallest absolute Gasteiger partial charge is 0.248 e. The van der Waals surface area contributed by atoms with Gasteiger partial charge in [0, 0.05) is 53.1 Å². The first-order valence-electron chi connectivity index (χ1n) is 13.7. The Hall–Kier alpha value is -5.56. The highest BCUT2D eigenvalue weighted by Gasteiger charge is 2.61. The van der Waals surface area contributed by atoms with Crippen LogP contribution in [0.25, 0.3) is 44.8 Å². The average molecular weight is 549 g/mol. The van der Waals surface area contributed by atoms with Crippen molar-refractivity contribution in [3.8, 4) is 34.0 Å². The van der Waals surface area contributed by atoms with Crippen LogP contribution in [-0.4, -0.2) is 41.5 Å². The van der Waals surface area contributed by atoms with Crippen LogP contribution in [0.4, 0.5) is 11.4 Å². The van der Waals surface area contributed by atoms with Gasteiger partial charge in [0.2, 0.25) is 29.0 Å². The third kappa shape index (κ3) is 3.16. The second-order valence-electron chi connectivity index (χ2n) is 10.7. The minimum absolute atomic E-state index is 0.216. The number of anilines is 2. The van der Waals surface area contributed by atoms with Crippen LogP contribution < -0.4 is 9.80 Å². The van der Waals surface area contributed by atoms with E-state index in [1.54, 1.807) is 6.07 Å². The number of fused-ring (bicyclic) bond motifs is 1. The van der Waals surface area contributed by atoms with Crippen LogP contribution in [0.3, 0.4) is 0 Å². The van der Waals surface area contributed by atoms with Crippen LogP contribution >= 0.6 is 0 Å². The summed E-state index contributed by atoms with van der Waals surface area (Å²) in [6, 6.07) is 34.9. The van der Waals surface area contributed by atoms with E-state index in [1.165, 1.54) is 0 Å². The molecule has 1 aliphatic carbocycles. The summed E-state index contributed by atoms with van der Waals surface area (Å²) in [5.41, 5.74) is 4.51. The van der Waals surface area contributed by atoms with Crippen LogP contribution in [0.15, 0.2) is 114 Å². The van der Waals surface area contributed by atoms with Gasteiger partial charge in [-0.1, -0.05) is 60.7 Å². The zero-order chi connectivity index (χ0) is 28.6. The number of hydrogen-bond acceptors (Lipinski definition) is 7. The molecule has 6 aromatic rings. The van der Waals surface area contributed by atoms with Crippen molar-refractivity contribution < 1.29 is 14.0 Å². The van der Waals surface area contributed by atoms with Gasteiger partial charge in [-0.3, -0.25) is 9.59 Å². The number of aromatic nitrogens is 2. The summed E-state index contributed by atoms with van der Waals surface area (Å²) in [5.74, 6) is 0.445. The van der Waals surface area contributed by atoms with Gasteiger partial charge in [0.15, 0.2) is 0 Å². The molecule has 2 aliphatic rings. The quantitative estimate of drug-likeness (QED) is 0.223. The van der Waals surface area contributed by atoms with Crippen molar-refractivity contribution in [2.45, 2.75) is 5.66 Å². The van der Waals surface area contributed by atoms with Gasteiger partial charge in [0.05, 0.1) is 0 Å². The second-order valence-corrected chi connectivity index (χ2v) is 10.7. The van der Waals surface area contributed by atoms with Gasteiger partial charge in [-0.2, -0.15) is 0 Å². The maximum atomic E-state index is 14.3. The lowest BCUT2D eigenvalue weighted by Crippen LogP contribution is -2.67. The van der Waals surface area contributed by atoms with E-state index in [1.807, 2.05) is 127 Å². The lowest BCUT2D eigenvalue weighted by Gasteiger charge is -2.48. The summed E-state index contributed by atoms with van der Waals surface area (Å²) in [4.78, 5) is 32.2. The van der Waals surface area contributed by atoms with E-state index in [0.29, 0.717) is 22.9 Å². The van der Waals surface area contributed by atoms with Crippen molar-refractivity contribution in [2.75, 3.05) is 23.9 Å². The van der Waals surface area contributed by atoms with E-state index in [-0.39, 0.29) is 11.6 Å². The zero-order valence-corrected chi connectivity index (χ0v) is 22.9. The van der Waals surface area contributed by atoms with Crippen molar-refractivity contribution in [2.24, 2.45) is 0 Å². The molecular formula is C35H24N4O3. The minimum atomic E-state index is -1.48. The van der Waals surface area contributed by atoms with Gasteiger partial charge in [-0.25, -0.2) is 0 Å². The van der Waals surface area contributed by atoms with E-state index < -0.39 is 5.66 Å². The van der Waals surface area contributed by atoms with Gasteiger partial charge in [-0.15, -0.1) is 10.2 Å². The molecular weight excluding hydrogens is 524 g/mol. The number of carbonyl (C=O) groups excluding carboxylic acids is 2. The van der Waals surface area contributed by atoms with Gasteiger partial charge in [-0.05, 0) is 65.0 Å². The molecule has 0 unspecified atom stereocenters. The van der Waals surface area contributed by atoms with Gasteiger partial charge >= 0.3 is 0 Å². The Balaban J connectivity index is 1.15. The highest BCUT2D eigenvalue weighted by molar-refractivity contribution is 6.37. The number of hydrogen-bond donors (Lipinski definition) is 0. The molecule has 0 saturated carbocycles. The molecule has 1 aliphatic heterocycles. The fourth-order valence-electron chi connectivity index (χ4n) is 6.47. The molecule has 7 nitrogen and oxygen atoms in total. The van der Waals surface area contributed by atoms with E-state index in [9.17, 15) is 9.59 Å². The van der Waals surface area contributed by atoms with Crippen LogP contribution in [-0.2, 0) is 0 Å². The summed E-state index contributed by atoms with van der Waals surface area (Å²) in [6.45, 7) is 0. The third-order valence-corrected chi connectivity index (χ3v) is 8.61. The molecule has 5 aromatic carbocycles. The number of likely N-dealkylation sites (N-methyl/N-ethyl adjacent to an activating group) is 2. The lowest BCUT2D eigenvalue weighted by atomic mass is 9.92. The Morgan fingerprint density at radius 1 is 0.571 bits per heavy atom. The lowest BCUT2D eigenvalue weighted by molar-refractivity contribution is 0.0795. The molecule has 0 bridgehead atoms. The molecule has 0 saturated heterocycles. The molecule has 2 heterocycles. The molecule has 1 spiro atoms. The normalized spacial score (nSPS) is 15.1. The molecule has 42 heavy (non-hydrogen) atoms. The number of rotatable bonds is 3. The van der Waals surface area contributed by atoms with Crippen LogP contribution in [0, 0.1) is 0 Å². The van der Waals surface area contributed by atoms with Crippen LogP contribution in [0.1, 0.15) is 20.7 Å². The monoisotopic (exact) mass is 548 g/mol. The zero-order valence-electron chi connectivity index (χ0n) is 22.9. The predicted octanol–water partition coefficient (Wildman–Crippen LogP) is 6.89. The molecule has 1 aromatic heterocycles. The number of Topliss-reactive ketones (excluding diaryl/α,β-unsaturated/α-hetero) is 2. The number of carbonyl (C=O) groups is 2. The fourth-order valence-corrected chi connectivity index (χ4v) is 6.47. The average Bonchev–Trinajstić information content (AvgIpc) is 3.62. The summed E-state index contributed by atoms with van der Waals surface area (Å²) in [5, 5.41) is 10.5. The largest absolute Gasteiger partial charge is 0.416 e. The van der Waals surface area contributed by atoms with Crippen molar-refractivity contribution >= 4 is 33.7 Å². The molecule has 202 valence electrons. The number of nitrogens with zero attached hydrogens (tertiary/aromatic N) is 4. The minimum Gasteiger partial charge on any atom is -0.416 e. The summed E-state index contributed by atoms with van der Waals surface area (Å²) >= 11 is 0. The van der Waals surface area contributed by atoms with Gasteiger partial charge in [0.1, 0.15) is 0 Å². The van der Waals surface area contributed by atoms with Gasteiger partial charge in [0.25, 0.3) is 0 Å². The number of benzene rings is 5. The van der Waals surface area contributed by atoms with E-state index in [2.05, 4.69) is 10.2 Å². The van der Waals surface area contributed by atoms with Crippen molar-refractivity contribution in [3.05, 3.63) is 120 Å². The highest BCUT2D eigenvalue weighted by Crippen LogP contribution is 2.49. The third-order valence-electron chi connectivity index (χ3n) is 8.61. The summed E-state index contributed by atoms with van der Waals surface area (Å²) in [6.07, 6.45) is 0. The second kappa shape index (κ2) is 8.72. The molecule has 7 heteroatoms. The van der Waals surface area contributed by atoms with Crippen LogP contribution in [0.5, 0.6) is 0 Å². The SMILES string of the molecule is CN1c2cccc3cccc(c23)N(C)C12C(=O)c1ccc(-c3ccc(-c4nnc(-c5ccccc5)o4)cc3)cc1C2=O. The van der Waals surface area contributed by atoms with E-state index in [0.717, 1.165) is 44.4 Å². The Bertz CT molecular complexity index is 2020. The van der Waals surface area contributed by atoms with Crippen molar-refractivity contribution in [1.29, 1.82) is 0 Å².